The summed E-state index contributed by atoms with van der Waals surface area (Å²) in [6, 6.07) is 12.1. The highest BCUT2D eigenvalue weighted by molar-refractivity contribution is 7.14. The molecule has 0 aliphatic heterocycles. The Morgan fingerprint density at radius 2 is 1.93 bits per heavy atom. The van der Waals surface area contributed by atoms with Crippen LogP contribution in [-0.4, -0.2) is 30.4 Å². The Balaban J connectivity index is 1.87. The van der Waals surface area contributed by atoms with Crippen molar-refractivity contribution in [2.45, 2.75) is 26.5 Å². The van der Waals surface area contributed by atoms with Gasteiger partial charge in [0.15, 0.2) is 12.7 Å². The minimum absolute atomic E-state index is 0.0353. The van der Waals surface area contributed by atoms with Gasteiger partial charge in [-0.15, -0.1) is 11.3 Å². The quantitative estimate of drug-likeness (QED) is 0.385. The van der Waals surface area contributed by atoms with Crippen LogP contribution >= 0.6 is 11.3 Å². The number of ether oxygens (including phenoxy) is 2. The van der Waals surface area contributed by atoms with Gasteiger partial charge in [-0.25, -0.2) is 4.79 Å². The number of nitriles is 1. The van der Waals surface area contributed by atoms with E-state index >= 15 is 0 Å². The Morgan fingerprint density at radius 3 is 2.59 bits per heavy atom. The Kier molecular flexibility index (Phi) is 8.12. The number of ketones is 1. The number of esters is 1. The molecule has 7 nitrogen and oxygen atoms in total. The number of rotatable bonds is 9. The molecule has 1 unspecified atom stereocenters. The molecule has 29 heavy (non-hydrogen) atoms. The van der Waals surface area contributed by atoms with E-state index in [4.69, 9.17) is 14.7 Å². The van der Waals surface area contributed by atoms with Crippen molar-refractivity contribution >= 4 is 35.1 Å². The van der Waals surface area contributed by atoms with Crippen molar-refractivity contribution in [2.75, 3.05) is 6.61 Å². The van der Waals surface area contributed by atoms with Crippen molar-refractivity contribution in [3.63, 3.8) is 0 Å². The summed E-state index contributed by atoms with van der Waals surface area (Å²) in [5, 5.41) is 11.1. The van der Waals surface area contributed by atoms with Crippen LogP contribution in [0.3, 0.4) is 0 Å². The molecule has 2 aromatic rings. The van der Waals surface area contributed by atoms with Gasteiger partial charge in [-0.1, -0.05) is 12.1 Å². The summed E-state index contributed by atoms with van der Waals surface area (Å²) in [5.74, 6) is -0.528. The van der Waals surface area contributed by atoms with Gasteiger partial charge in [0.05, 0.1) is 11.4 Å². The van der Waals surface area contributed by atoms with Gasteiger partial charge in [0.1, 0.15) is 11.8 Å². The number of amides is 1. The maximum atomic E-state index is 12.4. The summed E-state index contributed by atoms with van der Waals surface area (Å²) >= 11 is 1.25. The van der Waals surface area contributed by atoms with Gasteiger partial charge in [-0.05, 0) is 42.8 Å². The summed E-state index contributed by atoms with van der Waals surface area (Å²) in [6.45, 7) is 3.26. The Labute approximate surface area is 172 Å². The van der Waals surface area contributed by atoms with Crippen LogP contribution in [0.1, 0.15) is 34.0 Å². The van der Waals surface area contributed by atoms with Crippen molar-refractivity contribution < 1.29 is 23.9 Å². The van der Waals surface area contributed by atoms with E-state index in [2.05, 4.69) is 5.32 Å². The highest BCUT2D eigenvalue weighted by Gasteiger charge is 2.20. The first-order chi connectivity index (χ1) is 13.9. The van der Waals surface area contributed by atoms with Gasteiger partial charge < -0.3 is 14.8 Å². The SMILES string of the molecule is CC(=O)NCc1ccc(C(=O)C(C)OC(=O)/C=C/c2ccc(OCC#N)cc2)s1. The largest absolute Gasteiger partial charge is 0.479 e. The van der Waals surface area contributed by atoms with E-state index in [1.807, 2.05) is 6.07 Å². The zero-order valence-electron chi connectivity index (χ0n) is 16.0. The zero-order valence-corrected chi connectivity index (χ0v) is 16.8. The maximum absolute atomic E-state index is 12.4. The number of nitrogens with zero attached hydrogens (tertiary/aromatic N) is 1. The summed E-state index contributed by atoms with van der Waals surface area (Å²) in [6.07, 6.45) is 1.87. The lowest BCUT2D eigenvalue weighted by Crippen LogP contribution is -2.22. The van der Waals surface area contributed by atoms with Gasteiger partial charge in [0.2, 0.25) is 11.7 Å². The fourth-order valence-electron chi connectivity index (χ4n) is 2.24. The van der Waals surface area contributed by atoms with Gasteiger partial charge in [-0.2, -0.15) is 5.26 Å². The Hall–Kier alpha value is -3.44. The number of Topliss-reactive ketones (excluding diaryl/α,β-unsaturated/α-hetero) is 1. The molecule has 1 amide bonds. The van der Waals surface area contributed by atoms with Gasteiger partial charge in [0, 0.05) is 17.9 Å². The molecule has 1 heterocycles. The van der Waals surface area contributed by atoms with E-state index in [0.29, 0.717) is 17.2 Å². The third-order valence-electron chi connectivity index (χ3n) is 3.67. The third kappa shape index (κ3) is 7.24. The fourth-order valence-corrected chi connectivity index (χ4v) is 3.20. The molecule has 0 bridgehead atoms. The predicted molar refractivity (Wildman–Crippen MR) is 108 cm³/mol. The lowest BCUT2D eigenvalue weighted by atomic mass is 10.2. The van der Waals surface area contributed by atoms with E-state index in [0.717, 1.165) is 10.4 Å². The lowest BCUT2D eigenvalue weighted by molar-refractivity contribution is -0.140. The first-order valence-electron chi connectivity index (χ1n) is 8.75. The third-order valence-corrected chi connectivity index (χ3v) is 4.77. The lowest BCUT2D eigenvalue weighted by Gasteiger charge is -2.09. The highest BCUT2D eigenvalue weighted by Crippen LogP contribution is 2.19. The van der Waals surface area contributed by atoms with Crippen molar-refractivity contribution in [2.24, 2.45) is 0 Å². The fraction of sp³-hybridized carbons (Fsp3) is 0.238. The molecule has 1 aromatic carbocycles. The van der Waals surface area contributed by atoms with Crippen LogP contribution in [0.25, 0.3) is 6.08 Å². The first kappa shape index (κ1) is 21.9. The molecule has 0 saturated heterocycles. The minimum atomic E-state index is -0.929. The first-order valence-corrected chi connectivity index (χ1v) is 9.56. The molecule has 0 aliphatic rings. The predicted octanol–water partition coefficient (Wildman–Crippen LogP) is 3.11. The van der Waals surface area contributed by atoms with E-state index in [1.54, 1.807) is 42.5 Å². The number of nitrogens with one attached hydrogen (secondary N) is 1. The Morgan fingerprint density at radius 1 is 1.21 bits per heavy atom. The van der Waals surface area contributed by atoms with Gasteiger partial charge in [-0.3, -0.25) is 9.59 Å². The molecule has 2 rings (SSSR count). The summed E-state index contributed by atoms with van der Waals surface area (Å²) < 4.78 is 10.3. The van der Waals surface area contributed by atoms with Crippen molar-refractivity contribution in [1.29, 1.82) is 5.26 Å². The molecule has 0 aliphatic carbocycles. The molecule has 0 spiro atoms. The molecule has 0 fully saturated rings. The summed E-state index contributed by atoms with van der Waals surface area (Å²) in [5.41, 5.74) is 0.742. The summed E-state index contributed by atoms with van der Waals surface area (Å²) in [4.78, 5) is 36.7. The van der Waals surface area contributed by atoms with E-state index in [9.17, 15) is 14.4 Å². The standard InChI is InChI=1S/C21H20N2O5S/c1-14(21(26)19-9-8-18(29-19)13-23-15(2)24)28-20(25)10-5-16-3-6-17(7-4-16)27-12-11-22/h3-10,14H,12-13H2,1-2H3,(H,23,24)/b10-5+. The van der Waals surface area contributed by atoms with Crippen LogP contribution in [-0.2, 0) is 20.9 Å². The second kappa shape index (κ2) is 10.8. The molecule has 150 valence electrons. The van der Waals surface area contributed by atoms with E-state index in [-0.39, 0.29) is 18.3 Å². The van der Waals surface area contributed by atoms with Crippen molar-refractivity contribution in [3.05, 3.63) is 57.8 Å². The molecule has 8 heteroatoms. The van der Waals surface area contributed by atoms with Gasteiger partial charge in [0.25, 0.3) is 0 Å². The topological polar surface area (TPSA) is 105 Å². The van der Waals surface area contributed by atoms with Crippen LogP contribution < -0.4 is 10.1 Å². The van der Waals surface area contributed by atoms with Gasteiger partial charge >= 0.3 is 5.97 Å². The number of carbonyl (C=O) groups excluding carboxylic acids is 3. The number of benzene rings is 1. The molecular weight excluding hydrogens is 392 g/mol. The average Bonchev–Trinajstić information content (AvgIpc) is 3.18. The number of thiophene rings is 1. The van der Waals surface area contributed by atoms with Crippen LogP contribution in [0, 0.1) is 11.3 Å². The number of hydrogen-bond acceptors (Lipinski definition) is 7. The van der Waals surface area contributed by atoms with Crippen LogP contribution in [0.5, 0.6) is 5.75 Å². The molecule has 1 aromatic heterocycles. The molecule has 0 saturated carbocycles. The number of carbonyl (C=O) groups is 3. The monoisotopic (exact) mass is 412 g/mol. The maximum Gasteiger partial charge on any atom is 0.331 e. The molecule has 1 N–H and O–H groups in total. The van der Waals surface area contributed by atoms with Crippen molar-refractivity contribution in [1.82, 2.24) is 5.32 Å². The minimum Gasteiger partial charge on any atom is -0.479 e. The molecule has 0 radical (unpaired) electrons. The smallest absolute Gasteiger partial charge is 0.331 e. The van der Waals surface area contributed by atoms with E-state index < -0.39 is 12.1 Å². The van der Waals surface area contributed by atoms with Crippen molar-refractivity contribution in [3.8, 4) is 11.8 Å². The second-order valence-corrected chi connectivity index (χ2v) is 7.14. The highest BCUT2D eigenvalue weighted by atomic mass is 32.1. The average molecular weight is 412 g/mol. The molecule has 1 atom stereocenters. The van der Waals surface area contributed by atoms with Crippen LogP contribution in [0.4, 0.5) is 0 Å². The second-order valence-electron chi connectivity index (χ2n) is 5.97. The zero-order chi connectivity index (χ0) is 21.2. The van der Waals surface area contributed by atoms with Crippen LogP contribution in [0.15, 0.2) is 42.5 Å². The normalized spacial score (nSPS) is 11.5. The van der Waals surface area contributed by atoms with Crippen LogP contribution in [0.2, 0.25) is 0 Å². The number of hydrogen-bond donors (Lipinski definition) is 1. The summed E-state index contributed by atoms with van der Waals surface area (Å²) in [7, 11) is 0. The van der Waals surface area contributed by atoms with E-state index in [1.165, 1.54) is 31.3 Å². The Bertz CT molecular complexity index is 941. The molecular formula is C21H20N2O5S.